The zero-order valence-electron chi connectivity index (χ0n) is 17.0. The summed E-state index contributed by atoms with van der Waals surface area (Å²) in [5, 5.41) is 9.42. The van der Waals surface area contributed by atoms with Gasteiger partial charge in [0.25, 0.3) is 5.91 Å². The van der Waals surface area contributed by atoms with Gasteiger partial charge in [0, 0.05) is 22.8 Å². The van der Waals surface area contributed by atoms with Crippen molar-refractivity contribution in [2.75, 3.05) is 0 Å². The molecule has 9 heteroatoms. The Morgan fingerprint density at radius 2 is 1.90 bits per heavy atom. The molecule has 3 N–H and O–H groups in total. The van der Waals surface area contributed by atoms with Crippen LogP contribution in [0.4, 0.5) is 5.69 Å². The van der Waals surface area contributed by atoms with E-state index in [-0.39, 0.29) is 23.6 Å². The Kier molecular flexibility index (Phi) is 6.55. The first kappa shape index (κ1) is 22.0. The third-order valence-corrected chi connectivity index (χ3v) is 4.83. The molecule has 0 fully saturated rings. The first-order valence-corrected chi connectivity index (χ1v) is 10.1. The molecule has 0 bridgehead atoms. The Hall–Kier alpha value is -2.74. The predicted molar refractivity (Wildman–Crippen MR) is 116 cm³/mol. The number of primary amides is 1. The van der Waals surface area contributed by atoms with Gasteiger partial charge < -0.3 is 5.32 Å². The molecule has 3 aromatic rings. The highest BCUT2D eigenvalue weighted by molar-refractivity contribution is 6.32. The highest BCUT2D eigenvalue weighted by Crippen LogP contribution is 2.23. The van der Waals surface area contributed by atoms with Crippen molar-refractivity contribution in [3.05, 3.63) is 69.1 Å². The number of nitrogens with zero attached hydrogens (tertiary/aromatic N) is 3. The quantitative estimate of drug-likeness (QED) is 0.587. The average molecular weight is 447 g/mol. The number of aromatic nitrogens is 3. The summed E-state index contributed by atoms with van der Waals surface area (Å²) in [4.78, 5) is 30.1. The summed E-state index contributed by atoms with van der Waals surface area (Å²) >= 11 is 12.4. The average Bonchev–Trinajstić information content (AvgIpc) is 3.05. The standard InChI is InChI=1S/C21H21Cl2N5O2/c1-11(2)25-20(29)15-10-14(22)8-12(3)18(15)26-21(30)17-9-13(4)27-28(17)19-16(23)6-5-7-24-19/h5-11H,1-4H3,(H,25,29)(H,26,30)/p+1. The van der Waals surface area contributed by atoms with E-state index in [1.807, 2.05) is 13.8 Å². The summed E-state index contributed by atoms with van der Waals surface area (Å²) in [6, 6.07) is 8.25. The molecule has 2 amide bonds. The molecule has 3 rings (SSSR count). The molecule has 0 unspecified atom stereocenters. The van der Waals surface area contributed by atoms with Gasteiger partial charge in [0.05, 0.1) is 10.7 Å². The fourth-order valence-corrected chi connectivity index (χ4v) is 3.52. The van der Waals surface area contributed by atoms with Gasteiger partial charge in [0.1, 0.15) is 5.56 Å². The summed E-state index contributed by atoms with van der Waals surface area (Å²) in [6.07, 6.45) is 1.58. The number of hydrogen-bond donors (Lipinski definition) is 2. The minimum absolute atomic E-state index is 0.0595. The second-order valence-electron chi connectivity index (χ2n) is 7.21. The van der Waals surface area contributed by atoms with Crippen LogP contribution in [0.2, 0.25) is 10.0 Å². The van der Waals surface area contributed by atoms with E-state index in [9.17, 15) is 9.59 Å². The monoisotopic (exact) mass is 446 g/mol. The van der Waals surface area contributed by atoms with E-state index in [1.54, 1.807) is 50.4 Å². The fourth-order valence-electron chi connectivity index (χ4n) is 3.05. The maximum Gasteiger partial charge on any atom is 0.366 e. The fraction of sp³-hybridized carbons (Fsp3) is 0.238. The zero-order chi connectivity index (χ0) is 22.0. The number of carbonyl (C=O) groups is 2. The van der Waals surface area contributed by atoms with E-state index in [2.05, 4.69) is 15.4 Å². The SMILES string of the molecule is Cc1cc(C(=O)[NH2+]c2c(C)cc(Cl)cc2C(=O)NC(C)C)n(-c2ncccc2Cl)n1. The van der Waals surface area contributed by atoms with Crippen molar-refractivity contribution < 1.29 is 14.9 Å². The molecule has 2 heterocycles. The van der Waals surface area contributed by atoms with Crippen molar-refractivity contribution in [3.63, 3.8) is 0 Å². The number of hydrogen-bond acceptors (Lipinski definition) is 4. The molecule has 30 heavy (non-hydrogen) atoms. The van der Waals surface area contributed by atoms with Crippen molar-refractivity contribution in [2.45, 2.75) is 33.7 Å². The molecule has 0 spiro atoms. The Labute approximate surface area is 184 Å². The van der Waals surface area contributed by atoms with E-state index in [0.717, 1.165) is 0 Å². The molecule has 0 saturated carbocycles. The molecule has 0 atom stereocenters. The van der Waals surface area contributed by atoms with Crippen molar-refractivity contribution in [3.8, 4) is 5.82 Å². The number of benzene rings is 1. The van der Waals surface area contributed by atoms with Gasteiger partial charge in [-0.25, -0.2) is 19.8 Å². The van der Waals surface area contributed by atoms with Crippen LogP contribution in [-0.2, 0) is 0 Å². The normalized spacial score (nSPS) is 11.0. The Morgan fingerprint density at radius 1 is 1.17 bits per heavy atom. The van der Waals surface area contributed by atoms with Crippen molar-refractivity contribution >= 4 is 40.7 Å². The molecule has 0 aliphatic rings. The lowest BCUT2D eigenvalue weighted by Gasteiger charge is -2.13. The molecule has 0 saturated heterocycles. The lowest BCUT2D eigenvalue weighted by molar-refractivity contribution is -0.465. The molecule has 0 aliphatic carbocycles. The minimum Gasteiger partial charge on any atom is -0.350 e. The van der Waals surface area contributed by atoms with Crippen LogP contribution in [0.1, 0.15) is 46.0 Å². The lowest BCUT2D eigenvalue weighted by Crippen LogP contribution is -2.83. The lowest BCUT2D eigenvalue weighted by atomic mass is 10.1. The van der Waals surface area contributed by atoms with Gasteiger partial charge in [-0.2, -0.15) is 5.10 Å². The molecule has 7 nitrogen and oxygen atoms in total. The second kappa shape index (κ2) is 8.95. The van der Waals surface area contributed by atoms with Gasteiger partial charge in [-0.15, -0.1) is 0 Å². The second-order valence-corrected chi connectivity index (χ2v) is 8.06. The summed E-state index contributed by atoms with van der Waals surface area (Å²) in [5.74, 6) is -0.275. The maximum absolute atomic E-state index is 13.2. The maximum atomic E-state index is 13.2. The van der Waals surface area contributed by atoms with E-state index in [0.29, 0.717) is 38.4 Å². The van der Waals surface area contributed by atoms with E-state index in [1.165, 1.54) is 10.00 Å². The van der Waals surface area contributed by atoms with Crippen LogP contribution in [0, 0.1) is 13.8 Å². The van der Waals surface area contributed by atoms with Crippen molar-refractivity contribution in [1.82, 2.24) is 20.1 Å². The predicted octanol–water partition coefficient (Wildman–Crippen LogP) is 3.36. The van der Waals surface area contributed by atoms with Gasteiger partial charge in [-0.1, -0.05) is 23.2 Å². The van der Waals surface area contributed by atoms with E-state index < -0.39 is 0 Å². The summed E-state index contributed by atoms with van der Waals surface area (Å²) in [5.41, 5.74) is 2.47. The number of quaternary nitrogens is 1. The van der Waals surface area contributed by atoms with Crippen LogP contribution in [-0.4, -0.2) is 32.6 Å². The van der Waals surface area contributed by atoms with Crippen molar-refractivity contribution in [1.29, 1.82) is 0 Å². The van der Waals surface area contributed by atoms with Gasteiger partial charge in [0.15, 0.2) is 17.2 Å². The highest BCUT2D eigenvalue weighted by atomic mass is 35.5. The van der Waals surface area contributed by atoms with E-state index in [4.69, 9.17) is 23.2 Å². The number of amides is 2. The van der Waals surface area contributed by atoms with Gasteiger partial charge in [0.2, 0.25) is 0 Å². The zero-order valence-corrected chi connectivity index (χ0v) is 18.5. The van der Waals surface area contributed by atoms with Gasteiger partial charge >= 0.3 is 5.91 Å². The van der Waals surface area contributed by atoms with Crippen LogP contribution in [0.3, 0.4) is 0 Å². The first-order chi connectivity index (χ1) is 14.2. The van der Waals surface area contributed by atoms with Crippen LogP contribution >= 0.6 is 23.2 Å². The van der Waals surface area contributed by atoms with Gasteiger partial charge in [-0.05, 0) is 58.0 Å². The number of rotatable bonds is 5. The molecule has 156 valence electrons. The number of carbonyl (C=O) groups excluding carboxylic acids is 2. The van der Waals surface area contributed by atoms with Crippen LogP contribution < -0.4 is 10.6 Å². The smallest absolute Gasteiger partial charge is 0.350 e. The third-order valence-electron chi connectivity index (χ3n) is 4.32. The van der Waals surface area contributed by atoms with Gasteiger partial charge in [-0.3, -0.25) is 4.79 Å². The van der Waals surface area contributed by atoms with Crippen molar-refractivity contribution in [2.24, 2.45) is 0 Å². The summed E-state index contributed by atoms with van der Waals surface area (Å²) in [7, 11) is 0. The Bertz CT molecular complexity index is 1120. The number of aryl methyl sites for hydroxylation is 2. The topological polar surface area (TPSA) is 93.5 Å². The largest absolute Gasteiger partial charge is 0.366 e. The first-order valence-electron chi connectivity index (χ1n) is 9.35. The Balaban J connectivity index is 2.02. The molecule has 2 aromatic heterocycles. The van der Waals surface area contributed by atoms with Crippen LogP contribution in [0.5, 0.6) is 0 Å². The number of nitrogens with one attached hydrogen (secondary N) is 1. The van der Waals surface area contributed by atoms with Crippen LogP contribution in [0.25, 0.3) is 5.82 Å². The molecule has 0 radical (unpaired) electrons. The number of pyridine rings is 1. The third kappa shape index (κ3) is 4.70. The number of nitrogens with two attached hydrogens (primary N) is 1. The van der Waals surface area contributed by atoms with E-state index >= 15 is 0 Å². The summed E-state index contributed by atoms with van der Waals surface area (Å²) < 4.78 is 1.41. The molecule has 1 aromatic carbocycles. The summed E-state index contributed by atoms with van der Waals surface area (Å²) in [6.45, 7) is 7.30. The highest BCUT2D eigenvalue weighted by Gasteiger charge is 2.26. The molecule has 0 aliphatic heterocycles. The minimum atomic E-state index is -0.332. The number of halogens is 2. The molecular formula is C21H22Cl2N5O2+. The molecular weight excluding hydrogens is 425 g/mol. The Morgan fingerprint density at radius 3 is 2.57 bits per heavy atom. The van der Waals surface area contributed by atoms with Crippen LogP contribution in [0.15, 0.2) is 36.5 Å².